The highest BCUT2D eigenvalue weighted by Gasteiger charge is 2.24. The minimum atomic E-state index is 0.124. The van der Waals surface area contributed by atoms with E-state index in [1.54, 1.807) is 6.07 Å². The summed E-state index contributed by atoms with van der Waals surface area (Å²) in [7, 11) is 2.15. The van der Waals surface area contributed by atoms with Gasteiger partial charge in [0, 0.05) is 24.7 Å². The van der Waals surface area contributed by atoms with Crippen molar-refractivity contribution < 1.29 is 4.79 Å². The van der Waals surface area contributed by atoms with Gasteiger partial charge in [-0.05, 0) is 38.6 Å². The molecule has 0 amide bonds. The molecule has 0 saturated carbocycles. The van der Waals surface area contributed by atoms with Gasteiger partial charge in [0.2, 0.25) is 0 Å². The van der Waals surface area contributed by atoms with Gasteiger partial charge in [-0.1, -0.05) is 30.7 Å². The molecular weight excluding hydrogens is 272 g/mol. The molecule has 1 unspecified atom stereocenters. The third-order valence-corrected chi connectivity index (χ3v) is 4.35. The van der Waals surface area contributed by atoms with Crippen molar-refractivity contribution in [3.05, 3.63) is 34.9 Å². The average molecular weight is 295 g/mol. The summed E-state index contributed by atoms with van der Waals surface area (Å²) < 4.78 is 0. The minimum Gasteiger partial charge on any atom is -0.305 e. The molecule has 1 aliphatic heterocycles. The number of hydrogen-bond acceptors (Lipinski definition) is 3. The maximum atomic E-state index is 12.4. The normalized spacial score (nSPS) is 21.6. The lowest BCUT2D eigenvalue weighted by Crippen LogP contribution is -2.42. The van der Waals surface area contributed by atoms with Crippen molar-refractivity contribution in [1.82, 2.24) is 9.80 Å². The fourth-order valence-corrected chi connectivity index (χ4v) is 3.09. The topological polar surface area (TPSA) is 23.6 Å². The van der Waals surface area contributed by atoms with Crippen molar-refractivity contribution in [2.24, 2.45) is 0 Å². The van der Waals surface area contributed by atoms with E-state index in [1.807, 2.05) is 18.2 Å². The molecule has 1 fully saturated rings. The van der Waals surface area contributed by atoms with E-state index in [9.17, 15) is 4.79 Å². The number of carbonyl (C=O) groups is 1. The molecule has 0 aromatic heterocycles. The van der Waals surface area contributed by atoms with Gasteiger partial charge in [0.1, 0.15) is 0 Å². The van der Waals surface area contributed by atoms with Gasteiger partial charge >= 0.3 is 0 Å². The number of likely N-dealkylation sites (N-methyl/N-ethyl adjacent to an activating group) is 1. The van der Waals surface area contributed by atoms with Gasteiger partial charge in [-0.3, -0.25) is 9.69 Å². The maximum absolute atomic E-state index is 12.4. The molecule has 1 heterocycles. The van der Waals surface area contributed by atoms with Gasteiger partial charge in [-0.25, -0.2) is 0 Å². The van der Waals surface area contributed by atoms with Gasteiger partial charge in [-0.2, -0.15) is 0 Å². The zero-order chi connectivity index (χ0) is 14.5. The molecule has 2 rings (SSSR count). The van der Waals surface area contributed by atoms with Crippen molar-refractivity contribution in [2.45, 2.75) is 25.8 Å². The number of carbonyl (C=O) groups excluding carboxylic acids is 1. The van der Waals surface area contributed by atoms with Crippen LogP contribution in [-0.4, -0.2) is 54.9 Å². The smallest absolute Gasteiger partial charge is 0.178 e. The van der Waals surface area contributed by atoms with Crippen LogP contribution in [0.4, 0.5) is 0 Å². The van der Waals surface area contributed by atoms with Crippen LogP contribution in [0.2, 0.25) is 5.02 Å². The number of nitrogens with zero attached hydrogens (tertiary/aromatic N) is 2. The highest BCUT2D eigenvalue weighted by Crippen LogP contribution is 2.18. The van der Waals surface area contributed by atoms with Crippen molar-refractivity contribution in [1.29, 1.82) is 0 Å². The van der Waals surface area contributed by atoms with Crippen LogP contribution in [0.5, 0.6) is 0 Å². The number of benzene rings is 1. The van der Waals surface area contributed by atoms with E-state index < -0.39 is 0 Å². The molecule has 20 heavy (non-hydrogen) atoms. The Morgan fingerprint density at radius 1 is 1.35 bits per heavy atom. The molecule has 1 saturated heterocycles. The first-order valence-corrected chi connectivity index (χ1v) is 7.70. The summed E-state index contributed by atoms with van der Waals surface area (Å²) in [5.41, 5.74) is 0.640. The van der Waals surface area contributed by atoms with Crippen molar-refractivity contribution in [3.63, 3.8) is 0 Å². The number of halogens is 1. The van der Waals surface area contributed by atoms with Crippen molar-refractivity contribution in [2.75, 3.05) is 33.2 Å². The Labute approximate surface area is 126 Å². The zero-order valence-corrected chi connectivity index (χ0v) is 13.1. The third kappa shape index (κ3) is 3.81. The Bertz CT molecular complexity index is 464. The van der Waals surface area contributed by atoms with E-state index in [1.165, 1.54) is 0 Å². The van der Waals surface area contributed by atoms with Crippen LogP contribution in [0.3, 0.4) is 0 Å². The van der Waals surface area contributed by atoms with E-state index in [0.29, 0.717) is 23.2 Å². The molecule has 1 aromatic rings. The second kappa shape index (κ2) is 7.21. The Hall–Kier alpha value is -0.900. The second-order valence-electron chi connectivity index (χ2n) is 5.55. The van der Waals surface area contributed by atoms with E-state index in [0.717, 1.165) is 32.5 Å². The van der Waals surface area contributed by atoms with Crippen LogP contribution in [0.15, 0.2) is 24.3 Å². The number of Topliss-reactive ketones (excluding diaryl/α,β-unsaturated/α-hetero) is 1. The molecule has 0 radical (unpaired) electrons. The molecule has 1 aliphatic rings. The monoisotopic (exact) mass is 294 g/mol. The summed E-state index contributed by atoms with van der Waals surface area (Å²) in [6.45, 7) is 5.78. The predicted octanol–water partition coefficient (Wildman–Crippen LogP) is 2.94. The van der Waals surface area contributed by atoms with Gasteiger partial charge in [-0.15, -0.1) is 0 Å². The first kappa shape index (κ1) is 15.5. The summed E-state index contributed by atoms with van der Waals surface area (Å²) in [6.07, 6.45) is 2.18. The van der Waals surface area contributed by atoms with Gasteiger partial charge in [0.15, 0.2) is 5.78 Å². The Kier molecular flexibility index (Phi) is 5.58. The van der Waals surface area contributed by atoms with Gasteiger partial charge in [0.05, 0.1) is 11.6 Å². The molecule has 3 nitrogen and oxygen atoms in total. The Morgan fingerprint density at radius 2 is 2.10 bits per heavy atom. The molecule has 0 bridgehead atoms. The SMILES string of the molecule is CCC1CN(C)CCCN1CC(=O)c1ccccc1Cl. The fourth-order valence-electron chi connectivity index (χ4n) is 2.85. The standard InChI is InChI=1S/C16H23ClN2O/c1-3-13-11-18(2)9-6-10-19(13)12-16(20)14-7-4-5-8-15(14)17/h4-5,7-8,13H,3,6,9-12H2,1-2H3. The lowest BCUT2D eigenvalue weighted by Gasteiger charge is -2.29. The zero-order valence-electron chi connectivity index (χ0n) is 12.3. The second-order valence-corrected chi connectivity index (χ2v) is 5.96. The van der Waals surface area contributed by atoms with Crippen LogP contribution in [0, 0.1) is 0 Å². The Morgan fingerprint density at radius 3 is 2.80 bits per heavy atom. The van der Waals surface area contributed by atoms with Gasteiger partial charge < -0.3 is 4.90 Å². The maximum Gasteiger partial charge on any atom is 0.178 e. The van der Waals surface area contributed by atoms with E-state index in [2.05, 4.69) is 23.8 Å². The highest BCUT2D eigenvalue weighted by molar-refractivity contribution is 6.34. The van der Waals surface area contributed by atoms with Crippen LogP contribution in [0.25, 0.3) is 0 Å². The summed E-state index contributed by atoms with van der Waals surface area (Å²) in [6, 6.07) is 7.77. The van der Waals surface area contributed by atoms with Crippen LogP contribution < -0.4 is 0 Å². The third-order valence-electron chi connectivity index (χ3n) is 4.02. The van der Waals surface area contributed by atoms with E-state index in [-0.39, 0.29) is 5.78 Å². The van der Waals surface area contributed by atoms with Crippen LogP contribution >= 0.6 is 11.6 Å². The molecule has 4 heteroatoms. The van der Waals surface area contributed by atoms with E-state index in [4.69, 9.17) is 11.6 Å². The average Bonchev–Trinajstić information content (AvgIpc) is 2.61. The molecule has 0 aliphatic carbocycles. The largest absolute Gasteiger partial charge is 0.305 e. The number of ketones is 1. The molecule has 1 atom stereocenters. The lowest BCUT2D eigenvalue weighted by atomic mass is 10.1. The first-order valence-electron chi connectivity index (χ1n) is 7.32. The van der Waals surface area contributed by atoms with Crippen molar-refractivity contribution >= 4 is 17.4 Å². The van der Waals surface area contributed by atoms with Gasteiger partial charge in [0.25, 0.3) is 0 Å². The summed E-state index contributed by atoms with van der Waals surface area (Å²) in [5.74, 6) is 0.124. The molecule has 0 N–H and O–H groups in total. The first-order chi connectivity index (χ1) is 9.61. The van der Waals surface area contributed by atoms with Crippen LogP contribution in [0.1, 0.15) is 30.1 Å². The van der Waals surface area contributed by atoms with Crippen molar-refractivity contribution in [3.8, 4) is 0 Å². The molecule has 0 spiro atoms. The lowest BCUT2D eigenvalue weighted by molar-refractivity contribution is 0.0888. The molecule has 1 aromatic carbocycles. The summed E-state index contributed by atoms with van der Waals surface area (Å²) in [4.78, 5) is 17.1. The number of rotatable bonds is 4. The summed E-state index contributed by atoms with van der Waals surface area (Å²) in [5, 5.41) is 0.553. The van der Waals surface area contributed by atoms with Crippen LogP contribution in [-0.2, 0) is 0 Å². The molecular formula is C16H23ClN2O. The van der Waals surface area contributed by atoms with E-state index >= 15 is 0 Å². The highest BCUT2D eigenvalue weighted by atomic mass is 35.5. The quantitative estimate of drug-likeness (QED) is 0.798. The Balaban J connectivity index is 2.07. The fraction of sp³-hybridized carbons (Fsp3) is 0.562. The minimum absolute atomic E-state index is 0.124. The molecule has 110 valence electrons. The summed E-state index contributed by atoms with van der Waals surface area (Å²) >= 11 is 6.11. The predicted molar refractivity (Wildman–Crippen MR) is 83.5 cm³/mol. The number of hydrogen-bond donors (Lipinski definition) is 0.